The quantitative estimate of drug-likeness (QED) is 0.428. The van der Waals surface area contributed by atoms with Gasteiger partial charge in [0.2, 0.25) is 5.91 Å². The van der Waals surface area contributed by atoms with Gasteiger partial charge >= 0.3 is 0 Å². The number of ketones is 1. The number of hydrogen-bond donors (Lipinski definition) is 2. The number of nitriles is 1. The van der Waals surface area contributed by atoms with E-state index in [1.54, 1.807) is 12.1 Å². The number of nitro benzene ring substituents is 1. The van der Waals surface area contributed by atoms with Gasteiger partial charge in [-0.05, 0) is 30.2 Å². The molecule has 0 saturated heterocycles. The fourth-order valence-electron chi connectivity index (χ4n) is 5.30. The van der Waals surface area contributed by atoms with Crippen LogP contribution >= 0.6 is 11.8 Å². The van der Waals surface area contributed by atoms with Crippen molar-refractivity contribution in [2.24, 2.45) is 5.41 Å². The zero-order valence-electron chi connectivity index (χ0n) is 20.1. The normalized spacial score (nSPS) is 22.2. The number of nitrogens with zero attached hydrogens (tertiary/aromatic N) is 2. The van der Waals surface area contributed by atoms with Crippen molar-refractivity contribution in [1.82, 2.24) is 10.6 Å². The molecule has 0 unspecified atom stereocenters. The van der Waals surface area contributed by atoms with Crippen LogP contribution in [0.15, 0.2) is 46.1 Å². The molecule has 3 aliphatic rings. The van der Waals surface area contributed by atoms with Crippen LogP contribution in [-0.2, 0) is 9.59 Å². The number of non-ortho nitro benzene ring substituents is 1. The van der Waals surface area contributed by atoms with Gasteiger partial charge in [-0.25, -0.2) is 0 Å². The third-order valence-electron chi connectivity index (χ3n) is 6.86. The largest absolute Gasteiger partial charge is 0.353 e. The molecule has 8 nitrogen and oxygen atoms in total. The number of thioether (sulfide) groups is 1. The number of carbonyl (C=O) groups is 2. The molecule has 1 aromatic rings. The molecule has 2 N–H and O–H groups in total. The van der Waals surface area contributed by atoms with E-state index in [1.807, 2.05) is 13.8 Å². The summed E-state index contributed by atoms with van der Waals surface area (Å²) in [6.07, 6.45) is 6.37. The van der Waals surface area contributed by atoms with Crippen LogP contribution in [0.2, 0.25) is 0 Å². The summed E-state index contributed by atoms with van der Waals surface area (Å²) in [7, 11) is 0. The van der Waals surface area contributed by atoms with Gasteiger partial charge in [0, 0.05) is 35.9 Å². The van der Waals surface area contributed by atoms with Gasteiger partial charge in [-0.2, -0.15) is 5.26 Å². The Balaban J connectivity index is 1.66. The van der Waals surface area contributed by atoms with E-state index in [9.17, 15) is 25.0 Å². The van der Waals surface area contributed by atoms with Gasteiger partial charge in [0.05, 0.1) is 33.3 Å². The van der Waals surface area contributed by atoms with E-state index in [0.29, 0.717) is 34.6 Å². The molecule has 1 heterocycles. The zero-order valence-corrected chi connectivity index (χ0v) is 20.9. The van der Waals surface area contributed by atoms with Crippen LogP contribution in [0.3, 0.4) is 0 Å². The lowest BCUT2D eigenvalue weighted by Crippen LogP contribution is -2.38. The average Bonchev–Trinajstić information content (AvgIpc) is 2.81. The minimum absolute atomic E-state index is 0.0629. The van der Waals surface area contributed by atoms with Gasteiger partial charge in [0.15, 0.2) is 5.78 Å². The fraction of sp³-hybridized carbons (Fsp3) is 0.500. The molecule has 1 aliphatic heterocycles. The van der Waals surface area contributed by atoms with Crippen LogP contribution in [0.1, 0.15) is 70.3 Å². The van der Waals surface area contributed by atoms with Crippen LogP contribution in [-0.4, -0.2) is 28.4 Å². The Labute approximate surface area is 209 Å². The molecule has 0 aromatic heterocycles. The SMILES string of the molecule is CC1(C)CC(=O)C2=C(C1)NC(SCC(=O)NC1CCCCC1)=C(C#N)[C@H]2c1cccc([N+](=O)[O-])c1. The van der Waals surface area contributed by atoms with Crippen molar-refractivity contribution in [2.75, 3.05) is 5.75 Å². The number of nitrogens with one attached hydrogen (secondary N) is 2. The van der Waals surface area contributed by atoms with E-state index >= 15 is 0 Å². The molecule has 1 amide bonds. The summed E-state index contributed by atoms with van der Waals surface area (Å²) in [5.74, 6) is -0.706. The smallest absolute Gasteiger partial charge is 0.269 e. The van der Waals surface area contributed by atoms with Crippen LogP contribution in [0.25, 0.3) is 0 Å². The predicted molar refractivity (Wildman–Crippen MR) is 134 cm³/mol. The summed E-state index contributed by atoms with van der Waals surface area (Å²) >= 11 is 1.25. The maximum atomic E-state index is 13.3. The second kappa shape index (κ2) is 10.2. The van der Waals surface area contributed by atoms with E-state index in [-0.39, 0.29) is 34.6 Å². The van der Waals surface area contributed by atoms with Crippen molar-refractivity contribution in [3.05, 3.63) is 61.8 Å². The summed E-state index contributed by atoms with van der Waals surface area (Å²) in [6.45, 7) is 4.04. The van der Waals surface area contributed by atoms with E-state index in [2.05, 4.69) is 16.7 Å². The summed E-state index contributed by atoms with van der Waals surface area (Å²) in [4.78, 5) is 36.9. The number of nitro groups is 1. The second-order valence-corrected chi connectivity index (χ2v) is 11.3. The lowest BCUT2D eigenvalue weighted by Gasteiger charge is -2.39. The number of Topliss-reactive ketones (excluding diaryl/α,β-unsaturated/α-hetero) is 1. The van der Waals surface area contributed by atoms with Crippen molar-refractivity contribution in [2.45, 2.75) is 70.8 Å². The topological polar surface area (TPSA) is 125 Å². The van der Waals surface area contributed by atoms with Gasteiger partial charge in [0.25, 0.3) is 5.69 Å². The van der Waals surface area contributed by atoms with Gasteiger partial charge < -0.3 is 10.6 Å². The van der Waals surface area contributed by atoms with Gasteiger partial charge in [-0.15, -0.1) is 0 Å². The monoisotopic (exact) mass is 494 g/mol. The molecule has 0 spiro atoms. The van der Waals surface area contributed by atoms with Crippen molar-refractivity contribution in [1.29, 1.82) is 5.26 Å². The summed E-state index contributed by atoms with van der Waals surface area (Å²) < 4.78 is 0. The van der Waals surface area contributed by atoms with E-state index in [1.165, 1.54) is 30.3 Å². The standard InChI is InChI=1S/C26H30N4O4S/c1-26(2)12-20-24(21(31)13-26)23(16-7-6-10-18(11-16)30(33)34)19(14-27)25(29-20)35-15-22(32)28-17-8-4-3-5-9-17/h6-7,10-11,17,23,29H,3-5,8-9,12-13,15H2,1-2H3,(H,28,32)/t23-/m1/s1. The Morgan fingerprint density at radius 2 is 2.03 bits per heavy atom. The first kappa shape index (κ1) is 25.0. The Morgan fingerprint density at radius 1 is 1.29 bits per heavy atom. The first-order chi connectivity index (χ1) is 16.7. The molecule has 4 rings (SSSR count). The predicted octanol–water partition coefficient (Wildman–Crippen LogP) is 4.84. The summed E-state index contributed by atoms with van der Waals surface area (Å²) in [5.41, 5.74) is 1.73. The summed E-state index contributed by atoms with van der Waals surface area (Å²) in [5, 5.41) is 28.5. The number of carbonyl (C=O) groups excluding carboxylic acids is 2. The number of hydrogen-bond acceptors (Lipinski definition) is 7. The maximum Gasteiger partial charge on any atom is 0.269 e. The lowest BCUT2D eigenvalue weighted by molar-refractivity contribution is -0.384. The number of rotatable bonds is 6. The fourth-order valence-corrected chi connectivity index (χ4v) is 6.17. The highest BCUT2D eigenvalue weighted by atomic mass is 32.2. The average molecular weight is 495 g/mol. The Kier molecular flexibility index (Phi) is 7.31. The van der Waals surface area contributed by atoms with Crippen molar-refractivity contribution in [3.8, 4) is 6.07 Å². The van der Waals surface area contributed by atoms with Crippen LogP contribution in [0.5, 0.6) is 0 Å². The van der Waals surface area contributed by atoms with Gasteiger partial charge in [-0.3, -0.25) is 19.7 Å². The molecule has 1 atom stereocenters. The molecular formula is C26H30N4O4S. The van der Waals surface area contributed by atoms with E-state index < -0.39 is 10.8 Å². The molecule has 1 saturated carbocycles. The van der Waals surface area contributed by atoms with Crippen LogP contribution in [0, 0.1) is 26.9 Å². The number of dihydropyridines is 1. The van der Waals surface area contributed by atoms with Gasteiger partial charge in [-0.1, -0.05) is 57.0 Å². The van der Waals surface area contributed by atoms with Crippen LogP contribution in [0.4, 0.5) is 5.69 Å². The van der Waals surface area contributed by atoms with Crippen molar-refractivity contribution >= 4 is 29.1 Å². The second-order valence-electron chi connectivity index (χ2n) is 10.3. The first-order valence-corrected chi connectivity index (χ1v) is 13.0. The molecule has 9 heteroatoms. The minimum Gasteiger partial charge on any atom is -0.353 e. The summed E-state index contributed by atoms with van der Waals surface area (Å²) in [6, 6.07) is 8.56. The molecule has 35 heavy (non-hydrogen) atoms. The molecule has 1 aromatic carbocycles. The Bertz CT molecular complexity index is 1160. The lowest BCUT2D eigenvalue weighted by atomic mass is 9.69. The molecule has 184 valence electrons. The molecule has 0 bridgehead atoms. The maximum absolute atomic E-state index is 13.3. The first-order valence-electron chi connectivity index (χ1n) is 12.0. The molecular weight excluding hydrogens is 464 g/mol. The van der Waals surface area contributed by atoms with Crippen LogP contribution < -0.4 is 10.6 Å². The Morgan fingerprint density at radius 3 is 2.71 bits per heavy atom. The number of benzene rings is 1. The highest BCUT2D eigenvalue weighted by molar-refractivity contribution is 8.03. The van der Waals surface area contributed by atoms with Crippen molar-refractivity contribution < 1.29 is 14.5 Å². The van der Waals surface area contributed by atoms with Gasteiger partial charge in [0.1, 0.15) is 0 Å². The van der Waals surface area contributed by atoms with Crippen molar-refractivity contribution in [3.63, 3.8) is 0 Å². The molecule has 0 radical (unpaired) electrons. The zero-order chi connectivity index (χ0) is 25.2. The minimum atomic E-state index is -0.705. The third-order valence-corrected chi connectivity index (χ3v) is 7.88. The number of amides is 1. The number of allylic oxidation sites excluding steroid dienone is 3. The highest BCUT2D eigenvalue weighted by Gasteiger charge is 2.42. The molecule has 2 aliphatic carbocycles. The van der Waals surface area contributed by atoms with E-state index in [4.69, 9.17) is 0 Å². The highest BCUT2D eigenvalue weighted by Crippen LogP contribution is 2.48. The third kappa shape index (κ3) is 5.59. The molecule has 1 fully saturated rings. The van der Waals surface area contributed by atoms with E-state index in [0.717, 1.165) is 31.4 Å². The Hall–Kier alpha value is -3.12.